The van der Waals surface area contributed by atoms with Crippen LogP contribution >= 0.6 is 22.9 Å². The molecule has 2 N–H and O–H groups in total. The number of halogens is 1. The van der Waals surface area contributed by atoms with Crippen LogP contribution in [0, 0.1) is 6.92 Å². The first-order valence-corrected chi connectivity index (χ1v) is 6.46. The average Bonchev–Trinajstić information content (AvgIpc) is 2.76. The molecule has 0 amide bonds. The number of aromatic nitrogens is 1. The topological polar surface area (TPSA) is 65.2 Å². The van der Waals surface area contributed by atoms with Crippen LogP contribution < -0.4 is 5.73 Å². The second kappa shape index (κ2) is 5.37. The second-order valence-corrected chi connectivity index (χ2v) is 5.10. The first kappa shape index (κ1) is 12.9. The van der Waals surface area contributed by atoms with E-state index >= 15 is 0 Å². The highest BCUT2D eigenvalue weighted by Crippen LogP contribution is 2.23. The van der Waals surface area contributed by atoms with Crippen molar-refractivity contribution in [3.05, 3.63) is 44.9 Å². The van der Waals surface area contributed by atoms with Crippen molar-refractivity contribution in [3.8, 4) is 0 Å². The molecular weight excluding hydrogens is 272 g/mol. The summed E-state index contributed by atoms with van der Waals surface area (Å²) in [5.41, 5.74) is 6.95. The zero-order valence-corrected chi connectivity index (χ0v) is 11.2. The van der Waals surface area contributed by atoms with E-state index < -0.39 is 5.97 Å². The summed E-state index contributed by atoms with van der Waals surface area (Å²) in [4.78, 5) is 16.0. The number of esters is 1. The molecule has 0 radical (unpaired) electrons. The molecule has 0 atom stereocenters. The van der Waals surface area contributed by atoms with Gasteiger partial charge in [0.15, 0.2) is 0 Å². The van der Waals surface area contributed by atoms with Gasteiger partial charge in [-0.3, -0.25) is 0 Å². The highest BCUT2D eigenvalue weighted by molar-refractivity contribution is 7.09. The van der Waals surface area contributed by atoms with E-state index in [-0.39, 0.29) is 17.9 Å². The Bertz CT molecular complexity index is 583. The summed E-state index contributed by atoms with van der Waals surface area (Å²) < 4.78 is 5.13. The predicted molar refractivity (Wildman–Crippen MR) is 71.8 cm³/mol. The van der Waals surface area contributed by atoms with Crippen molar-refractivity contribution < 1.29 is 9.53 Å². The van der Waals surface area contributed by atoms with Crippen LogP contribution in [0.3, 0.4) is 0 Å². The molecule has 0 aliphatic carbocycles. The van der Waals surface area contributed by atoms with Gasteiger partial charge in [-0.1, -0.05) is 17.7 Å². The molecular formula is C12H11ClN2O2S. The Labute approximate surface area is 113 Å². The molecule has 0 spiro atoms. The number of anilines is 1. The molecule has 0 unspecified atom stereocenters. The Morgan fingerprint density at radius 3 is 3.00 bits per heavy atom. The van der Waals surface area contributed by atoms with E-state index in [2.05, 4.69) is 4.98 Å². The van der Waals surface area contributed by atoms with Gasteiger partial charge in [-0.25, -0.2) is 9.78 Å². The largest absolute Gasteiger partial charge is 0.455 e. The van der Waals surface area contributed by atoms with Crippen molar-refractivity contribution in [2.24, 2.45) is 0 Å². The minimum Gasteiger partial charge on any atom is -0.455 e. The number of nitrogen functional groups attached to an aromatic ring is 1. The van der Waals surface area contributed by atoms with E-state index in [0.717, 1.165) is 10.7 Å². The Morgan fingerprint density at radius 1 is 1.56 bits per heavy atom. The maximum Gasteiger partial charge on any atom is 0.340 e. The lowest BCUT2D eigenvalue weighted by atomic mass is 10.2. The Balaban J connectivity index is 2.06. The van der Waals surface area contributed by atoms with Crippen LogP contribution in [0.5, 0.6) is 0 Å². The fourth-order valence-electron chi connectivity index (χ4n) is 1.41. The van der Waals surface area contributed by atoms with Crippen molar-refractivity contribution in [2.45, 2.75) is 13.5 Å². The molecule has 0 aliphatic rings. The number of rotatable bonds is 3. The lowest BCUT2D eigenvalue weighted by Crippen LogP contribution is -2.08. The molecule has 1 aromatic heterocycles. The normalized spacial score (nSPS) is 10.3. The quantitative estimate of drug-likeness (QED) is 0.694. The molecule has 0 fully saturated rings. The first-order valence-electron chi connectivity index (χ1n) is 5.20. The fraction of sp³-hybridized carbons (Fsp3) is 0.167. The molecule has 2 rings (SSSR count). The monoisotopic (exact) mass is 282 g/mol. The van der Waals surface area contributed by atoms with Gasteiger partial charge in [-0.15, -0.1) is 11.3 Å². The van der Waals surface area contributed by atoms with E-state index in [1.165, 1.54) is 11.3 Å². The van der Waals surface area contributed by atoms with Crippen LogP contribution in [0.25, 0.3) is 0 Å². The van der Waals surface area contributed by atoms with Gasteiger partial charge in [0.1, 0.15) is 6.61 Å². The summed E-state index contributed by atoms with van der Waals surface area (Å²) in [7, 11) is 0. The van der Waals surface area contributed by atoms with Gasteiger partial charge >= 0.3 is 5.97 Å². The fourth-order valence-corrected chi connectivity index (χ4v) is 2.18. The summed E-state index contributed by atoms with van der Waals surface area (Å²) in [6.07, 6.45) is 0. The van der Waals surface area contributed by atoms with Crippen molar-refractivity contribution in [3.63, 3.8) is 0 Å². The first-order chi connectivity index (χ1) is 8.58. The number of nitrogens with two attached hydrogens (primary N) is 1. The minimum atomic E-state index is -0.499. The summed E-state index contributed by atoms with van der Waals surface area (Å²) in [5, 5.41) is 3.13. The Hall–Kier alpha value is -1.59. The number of thiazole rings is 1. The third-order valence-corrected chi connectivity index (χ3v) is 3.44. The lowest BCUT2D eigenvalue weighted by molar-refractivity contribution is 0.0469. The van der Waals surface area contributed by atoms with Crippen LogP contribution in [-0.4, -0.2) is 11.0 Å². The zero-order chi connectivity index (χ0) is 13.1. The van der Waals surface area contributed by atoms with Crippen LogP contribution in [-0.2, 0) is 11.3 Å². The molecule has 1 aromatic carbocycles. The lowest BCUT2D eigenvalue weighted by Gasteiger charge is -2.06. The second-order valence-electron chi connectivity index (χ2n) is 3.64. The van der Waals surface area contributed by atoms with Gasteiger partial charge in [0.25, 0.3) is 0 Å². The van der Waals surface area contributed by atoms with E-state index in [9.17, 15) is 4.79 Å². The van der Waals surface area contributed by atoms with Gasteiger partial charge in [0, 0.05) is 5.38 Å². The van der Waals surface area contributed by atoms with Gasteiger partial charge < -0.3 is 10.5 Å². The van der Waals surface area contributed by atoms with Crippen molar-refractivity contribution >= 4 is 34.6 Å². The molecule has 4 nitrogen and oxygen atoms in total. The van der Waals surface area contributed by atoms with Crippen molar-refractivity contribution in [1.29, 1.82) is 0 Å². The van der Waals surface area contributed by atoms with E-state index in [4.69, 9.17) is 22.1 Å². The van der Waals surface area contributed by atoms with Crippen molar-refractivity contribution in [2.75, 3.05) is 5.73 Å². The molecule has 0 aliphatic heterocycles. The maximum atomic E-state index is 11.8. The number of benzene rings is 1. The van der Waals surface area contributed by atoms with Crippen LogP contribution in [0.1, 0.15) is 21.1 Å². The number of carbonyl (C=O) groups is 1. The number of hydrogen-bond acceptors (Lipinski definition) is 5. The van der Waals surface area contributed by atoms with Crippen LogP contribution in [0.4, 0.5) is 5.69 Å². The Morgan fingerprint density at radius 2 is 2.33 bits per heavy atom. The molecule has 0 bridgehead atoms. The molecule has 2 aromatic rings. The summed E-state index contributed by atoms with van der Waals surface area (Å²) in [6, 6.07) is 4.86. The van der Waals surface area contributed by atoms with Crippen LogP contribution in [0.15, 0.2) is 23.6 Å². The van der Waals surface area contributed by atoms with Gasteiger partial charge in [0.2, 0.25) is 0 Å². The number of ether oxygens (including phenoxy) is 1. The van der Waals surface area contributed by atoms with E-state index in [0.29, 0.717) is 5.02 Å². The molecule has 18 heavy (non-hydrogen) atoms. The van der Waals surface area contributed by atoms with Crippen molar-refractivity contribution in [1.82, 2.24) is 4.98 Å². The molecule has 1 heterocycles. The zero-order valence-electron chi connectivity index (χ0n) is 9.64. The van der Waals surface area contributed by atoms with Gasteiger partial charge in [-0.05, 0) is 19.1 Å². The third kappa shape index (κ3) is 2.80. The standard InChI is InChI=1S/C12H11ClN2O2S/c1-7-15-8(6-18-7)5-17-12(16)9-3-2-4-10(13)11(9)14/h2-4,6H,5,14H2,1H3. The molecule has 0 saturated carbocycles. The highest BCUT2D eigenvalue weighted by atomic mass is 35.5. The number of para-hydroxylation sites is 1. The van der Waals surface area contributed by atoms with Crippen LogP contribution in [0.2, 0.25) is 5.02 Å². The summed E-state index contributed by atoms with van der Waals surface area (Å²) >= 11 is 7.34. The molecule has 94 valence electrons. The maximum absolute atomic E-state index is 11.8. The number of carbonyl (C=O) groups excluding carboxylic acids is 1. The molecule has 0 saturated heterocycles. The molecule has 6 heteroatoms. The van der Waals surface area contributed by atoms with E-state index in [1.54, 1.807) is 18.2 Å². The summed E-state index contributed by atoms with van der Waals surface area (Å²) in [6.45, 7) is 2.03. The smallest absolute Gasteiger partial charge is 0.340 e. The number of hydrogen-bond donors (Lipinski definition) is 1. The highest BCUT2D eigenvalue weighted by Gasteiger charge is 2.13. The van der Waals surface area contributed by atoms with Gasteiger partial charge in [-0.2, -0.15) is 0 Å². The minimum absolute atomic E-state index is 0.134. The number of nitrogens with zero attached hydrogens (tertiary/aromatic N) is 1. The van der Waals surface area contributed by atoms with Gasteiger partial charge in [0.05, 0.1) is 27.0 Å². The van der Waals surface area contributed by atoms with E-state index in [1.807, 2.05) is 12.3 Å². The average molecular weight is 283 g/mol. The number of aryl methyl sites for hydroxylation is 1. The third-order valence-electron chi connectivity index (χ3n) is 2.29. The Kier molecular flexibility index (Phi) is 3.84. The SMILES string of the molecule is Cc1nc(COC(=O)c2cccc(Cl)c2N)cs1. The predicted octanol–water partition coefficient (Wildman–Crippen LogP) is 3.04. The summed E-state index contributed by atoms with van der Waals surface area (Å²) in [5.74, 6) is -0.499.